The molecule has 3 heteroatoms. The van der Waals surface area contributed by atoms with Crippen LogP contribution in [0.4, 0.5) is 0 Å². The topological polar surface area (TPSA) is 44.5 Å². The maximum absolute atomic E-state index is 6.28. The standard InChI is InChI=1S/C17H33NO2/c1-13(2)14-5-9-17(12-18,10-6-14)19-11-15-7-8-16(3,4)20-15/h13-15H,5-12,18H2,1-4H3. The molecule has 0 aromatic heterocycles. The summed E-state index contributed by atoms with van der Waals surface area (Å²) >= 11 is 0. The van der Waals surface area contributed by atoms with Crippen molar-refractivity contribution in [1.29, 1.82) is 0 Å². The molecule has 2 fully saturated rings. The van der Waals surface area contributed by atoms with Gasteiger partial charge in [0, 0.05) is 6.54 Å². The summed E-state index contributed by atoms with van der Waals surface area (Å²) in [5.41, 5.74) is 5.98. The quantitative estimate of drug-likeness (QED) is 0.840. The minimum absolute atomic E-state index is 0.0270. The number of hydrogen-bond donors (Lipinski definition) is 1. The molecule has 0 aromatic carbocycles. The molecule has 2 aliphatic rings. The first-order chi connectivity index (χ1) is 9.36. The molecule has 3 nitrogen and oxygen atoms in total. The number of ether oxygens (including phenoxy) is 2. The van der Waals surface area contributed by atoms with E-state index in [0.29, 0.717) is 13.2 Å². The third-order valence-electron chi connectivity index (χ3n) is 5.39. The van der Waals surface area contributed by atoms with Gasteiger partial charge in [0.05, 0.1) is 23.9 Å². The first-order valence-electron chi connectivity index (χ1n) is 8.38. The van der Waals surface area contributed by atoms with Crippen molar-refractivity contribution in [2.45, 2.75) is 83.5 Å². The van der Waals surface area contributed by atoms with E-state index in [4.69, 9.17) is 15.2 Å². The Morgan fingerprint density at radius 3 is 2.25 bits per heavy atom. The van der Waals surface area contributed by atoms with Crippen molar-refractivity contribution in [3.63, 3.8) is 0 Å². The third kappa shape index (κ3) is 3.96. The predicted octanol–water partition coefficient (Wildman–Crippen LogP) is 3.50. The van der Waals surface area contributed by atoms with Gasteiger partial charge in [0.1, 0.15) is 0 Å². The molecular weight excluding hydrogens is 250 g/mol. The molecule has 118 valence electrons. The van der Waals surface area contributed by atoms with Crippen molar-refractivity contribution in [1.82, 2.24) is 0 Å². The first kappa shape index (κ1) is 16.3. The fourth-order valence-electron chi connectivity index (χ4n) is 3.70. The SMILES string of the molecule is CC(C)C1CCC(CN)(OCC2CCC(C)(C)O2)CC1. The van der Waals surface area contributed by atoms with Crippen LogP contribution in [0.25, 0.3) is 0 Å². The minimum atomic E-state index is -0.0819. The van der Waals surface area contributed by atoms with Crippen molar-refractivity contribution < 1.29 is 9.47 Å². The molecule has 1 aliphatic carbocycles. The van der Waals surface area contributed by atoms with E-state index in [2.05, 4.69) is 27.7 Å². The lowest BCUT2D eigenvalue weighted by molar-refractivity contribution is -0.122. The van der Waals surface area contributed by atoms with Gasteiger partial charge in [-0.2, -0.15) is 0 Å². The minimum Gasteiger partial charge on any atom is -0.371 e. The molecule has 1 unspecified atom stereocenters. The first-order valence-corrected chi connectivity index (χ1v) is 8.38. The van der Waals surface area contributed by atoms with Gasteiger partial charge in [0.15, 0.2) is 0 Å². The smallest absolute Gasteiger partial charge is 0.0817 e. The highest BCUT2D eigenvalue weighted by Crippen LogP contribution is 2.38. The lowest BCUT2D eigenvalue weighted by Crippen LogP contribution is -2.46. The molecule has 1 atom stereocenters. The molecule has 2 N–H and O–H groups in total. The van der Waals surface area contributed by atoms with E-state index in [-0.39, 0.29) is 17.3 Å². The zero-order valence-corrected chi connectivity index (χ0v) is 13.8. The Morgan fingerprint density at radius 2 is 1.80 bits per heavy atom. The normalized spacial score (nSPS) is 37.5. The highest BCUT2D eigenvalue weighted by Gasteiger charge is 2.38. The number of nitrogens with two attached hydrogens (primary N) is 1. The maximum Gasteiger partial charge on any atom is 0.0817 e. The van der Waals surface area contributed by atoms with Crippen LogP contribution >= 0.6 is 0 Å². The van der Waals surface area contributed by atoms with E-state index >= 15 is 0 Å². The molecular formula is C17H33NO2. The Hall–Kier alpha value is -0.120. The van der Waals surface area contributed by atoms with Crippen LogP contribution in [-0.2, 0) is 9.47 Å². The van der Waals surface area contributed by atoms with E-state index in [1.54, 1.807) is 0 Å². The molecule has 0 radical (unpaired) electrons. The molecule has 1 aliphatic heterocycles. The van der Waals surface area contributed by atoms with Crippen LogP contribution in [0.15, 0.2) is 0 Å². The molecule has 1 heterocycles. The number of hydrogen-bond acceptors (Lipinski definition) is 3. The number of rotatable bonds is 5. The van der Waals surface area contributed by atoms with Gasteiger partial charge in [0.25, 0.3) is 0 Å². The fourth-order valence-corrected chi connectivity index (χ4v) is 3.70. The van der Waals surface area contributed by atoms with Crippen molar-refractivity contribution in [3.8, 4) is 0 Å². The van der Waals surface area contributed by atoms with Crippen LogP contribution in [-0.4, -0.2) is 30.5 Å². The largest absolute Gasteiger partial charge is 0.371 e. The average Bonchev–Trinajstić information content (AvgIpc) is 2.76. The maximum atomic E-state index is 6.28. The Kier molecular flexibility index (Phi) is 5.14. The van der Waals surface area contributed by atoms with Crippen LogP contribution in [0.3, 0.4) is 0 Å². The van der Waals surface area contributed by atoms with Crippen molar-refractivity contribution in [3.05, 3.63) is 0 Å². The average molecular weight is 283 g/mol. The summed E-state index contributed by atoms with van der Waals surface area (Å²) in [6.07, 6.45) is 7.24. The summed E-state index contributed by atoms with van der Waals surface area (Å²) < 4.78 is 12.3. The van der Waals surface area contributed by atoms with Gasteiger partial charge in [-0.05, 0) is 64.2 Å². The summed E-state index contributed by atoms with van der Waals surface area (Å²) in [5.74, 6) is 1.63. The molecule has 0 bridgehead atoms. The highest BCUT2D eigenvalue weighted by molar-refractivity contribution is 4.90. The monoisotopic (exact) mass is 283 g/mol. The lowest BCUT2D eigenvalue weighted by atomic mass is 9.74. The second-order valence-electron chi connectivity index (χ2n) is 7.82. The van der Waals surface area contributed by atoms with E-state index in [9.17, 15) is 0 Å². The molecule has 0 spiro atoms. The van der Waals surface area contributed by atoms with E-state index in [1.165, 1.54) is 12.8 Å². The van der Waals surface area contributed by atoms with E-state index in [1.807, 2.05) is 0 Å². The van der Waals surface area contributed by atoms with Gasteiger partial charge in [-0.25, -0.2) is 0 Å². The van der Waals surface area contributed by atoms with Crippen LogP contribution in [0.5, 0.6) is 0 Å². The molecule has 1 saturated carbocycles. The fraction of sp³-hybridized carbons (Fsp3) is 1.00. The van der Waals surface area contributed by atoms with Crippen molar-refractivity contribution in [2.24, 2.45) is 17.6 Å². The molecule has 1 saturated heterocycles. The summed E-state index contributed by atoms with van der Waals surface area (Å²) in [4.78, 5) is 0. The summed E-state index contributed by atoms with van der Waals surface area (Å²) in [6.45, 7) is 10.4. The Balaban J connectivity index is 1.81. The second-order valence-corrected chi connectivity index (χ2v) is 7.82. The summed E-state index contributed by atoms with van der Waals surface area (Å²) in [7, 11) is 0. The molecule has 0 amide bonds. The van der Waals surface area contributed by atoms with Crippen molar-refractivity contribution >= 4 is 0 Å². The summed E-state index contributed by atoms with van der Waals surface area (Å²) in [5, 5.41) is 0. The Labute approximate surface area is 124 Å². The summed E-state index contributed by atoms with van der Waals surface area (Å²) in [6, 6.07) is 0. The van der Waals surface area contributed by atoms with Gasteiger partial charge < -0.3 is 15.2 Å². The molecule has 20 heavy (non-hydrogen) atoms. The third-order valence-corrected chi connectivity index (χ3v) is 5.39. The van der Waals surface area contributed by atoms with Crippen molar-refractivity contribution in [2.75, 3.05) is 13.2 Å². The van der Waals surface area contributed by atoms with Gasteiger partial charge >= 0.3 is 0 Å². The molecule has 0 aromatic rings. The van der Waals surface area contributed by atoms with E-state index < -0.39 is 0 Å². The zero-order chi connectivity index (χ0) is 14.8. The van der Waals surface area contributed by atoms with Gasteiger partial charge in [-0.1, -0.05) is 13.8 Å². The zero-order valence-electron chi connectivity index (χ0n) is 13.8. The molecule has 2 rings (SSSR count). The predicted molar refractivity (Wildman–Crippen MR) is 82.7 cm³/mol. The van der Waals surface area contributed by atoms with Gasteiger partial charge in [-0.3, -0.25) is 0 Å². The van der Waals surface area contributed by atoms with Crippen LogP contribution in [0, 0.1) is 11.8 Å². The van der Waals surface area contributed by atoms with Gasteiger partial charge in [0.2, 0.25) is 0 Å². The van der Waals surface area contributed by atoms with Crippen LogP contribution in [0.1, 0.15) is 66.2 Å². The van der Waals surface area contributed by atoms with Crippen LogP contribution in [0.2, 0.25) is 0 Å². The highest BCUT2D eigenvalue weighted by atomic mass is 16.6. The Morgan fingerprint density at radius 1 is 1.15 bits per heavy atom. The Bertz CT molecular complexity index is 306. The van der Waals surface area contributed by atoms with Crippen LogP contribution < -0.4 is 5.73 Å². The lowest BCUT2D eigenvalue weighted by Gasteiger charge is -2.41. The van der Waals surface area contributed by atoms with E-state index in [0.717, 1.165) is 37.5 Å². The van der Waals surface area contributed by atoms with Gasteiger partial charge in [-0.15, -0.1) is 0 Å². The second kappa shape index (κ2) is 6.33.